The SMILES string of the molecule is Cc1cccc(=O)n1CCCNC(=O)Cc1ccc(N(C)C)cc1. The van der Waals surface area contributed by atoms with E-state index in [1.807, 2.05) is 56.3 Å². The van der Waals surface area contributed by atoms with Crippen LogP contribution in [0.1, 0.15) is 17.7 Å². The summed E-state index contributed by atoms with van der Waals surface area (Å²) >= 11 is 0. The van der Waals surface area contributed by atoms with Crippen molar-refractivity contribution < 1.29 is 4.79 Å². The van der Waals surface area contributed by atoms with Gasteiger partial charge in [-0.05, 0) is 37.1 Å². The van der Waals surface area contributed by atoms with E-state index < -0.39 is 0 Å². The smallest absolute Gasteiger partial charge is 0.250 e. The van der Waals surface area contributed by atoms with Crippen molar-refractivity contribution in [1.29, 1.82) is 0 Å². The zero-order chi connectivity index (χ0) is 17.5. The second-order valence-corrected chi connectivity index (χ2v) is 6.10. The Morgan fingerprint density at radius 1 is 1.12 bits per heavy atom. The van der Waals surface area contributed by atoms with Crippen LogP contribution in [0.25, 0.3) is 0 Å². The van der Waals surface area contributed by atoms with Crippen LogP contribution in [0.4, 0.5) is 5.69 Å². The van der Waals surface area contributed by atoms with Crippen LogP contribution in [0.5, 0.6) is 0 Å². The fourth-order valence-corrected chi connectivity index (χ4v) is 2.53. The summed E-state index contributed by atoms with van der Waals surface area (Å²) in [6, 6.07) is 13.2. The summed E-state index contributed by atoms with van der Waals surface area (Å²) in [7, 11) is 3.98. The van der Waals surface area contributed by atoms with E-state index in [-0.39, 0.29) is 11.5 Å². The van der Waals surface area contributed by atoms with Gasteiger partial charge in [-0.2, -0.15) is 0 Å². The largest absolute Gasteiger partial charge is 0.378 e. The molecule has 5 nitrogen and oxygen atoms in total. The van der Waals surface area contributed by atoms with Crippen molar-refractivity contribution in [3.05, 3.63) is 64.1 Å². The molecule has 0 saturated carbocycles. The predicted molar refractivity (Wildman–Crippen MR) is 97.5 cm³/mol. The van der Waals surface area contributed by atoms with Crippen LogP contribution in [0.15, 0.2) is 47.3 Å². The van der Waals surface area contributed by atoms with Crippen LogP contribution in [0.3, 0.4) is 0 Å². The molecule has 0 aliphatic carbocycles. The number of pyridine rings is 1. The van der Waals surface area contributed by atoms with Crippen molar-refractivity contribution in [2.45, 2.75) is 26.3 Å². The molecule has 1 aromatic carbocycles. The van der Waals surface area contributed by atoms with Crippen LogP contribution < -0.4 is 15.8 Å². The maximum atomic E-state index is 12.0. The molecular formula is C19H25N3O2. The number of anilines is 1. The van der Waals surface area contributed by atoms with E-state index in [9.17, 15) is 9.59 Å². The Kier molecular flexibility index (Phi) is 6.18. The zero-order valence-corrected chi connectivity index (χ0v) is 14.6. The average Bonchev–Trinajstić information content (AvgIpc) is 2.54. The number of hydrogen-bond donors (Lipinski definition) is 1. The van der Waals surface area contributed by atoms with E-state index in [1.165, 1.54) is 0 Å². The minimum Gasteiger partial charge on any atom is -0.378 e. The third-order valence-electron chi connectivity index (χ3n) is 3.97. The Morgan fingerprint density at radius 3 is 2.46 bits per heavy atom. The van der Waals surface area contributed by atoms with Gasteiger partial charge in [0.15, 0.2) is 0 Å². The van der Waals surface area contributed by atoms with E-state index in [1.54, 1.807) is 16.7 Å². The first-order chi connectivity index (χ1) is 11.5. The minimum atomic E-state index is 0.00214. The maximum Gasteiger partial charge on any atom is 0.250 e. The minimum absolute atomic E-state index is 0.00214. The van der Waals surface area contributed by atoms with Crippen LogP contribution >= 0.6 is 0 Å². The highest BCUT2D eigenvalue weighted by Crippen LogP contribution is 2.12. The number of carbonyl (C=O) groups excluding carboxylic acids is 1. The number of aromatic nitrogens is 1. The molecule has 0 radical (unpaired) electrons. The van der Waals surface area contributed by atoms with Gasteiger partial charge in [0.2, 0.25) is 5.91 Å². The number of nitrogens with one attached hydrogen (secondary N) is 1. The average molecular weight is 327 g/mol. The molecule has 1 aromatic heterocycles. The number of aryl methyl sites for hydroxylation is 1. The van der Waals surface area contributed by atoms with Gasteiger partial charge in [-0.25, -0.2) is 0 Å². The van der Waals surface area contributed by atoms with E-state index in [4.69, 9.17) is 0 Å². The summed E-state index contributed by atoms with van der Waals surface area (Å²) in [4.78, 5) is 25.8. The van der Waals surface area contributed by atoms with E-state index in [0.29, 0.717) is 19.5 Å². The van der Waals surface area contributed by atoms with Gasteiger partial charge >= 0.3 is 0 Å². The van der Waals surface area contributed by atoms with Gasteiger partial charge in [0.1, 0.15) is 0 Å². The van der Waals surface area contributed by atoms with Crippen molar-refractivity contribution in [3.8, 4) is 0 Å². The lowest BCUT2D eigenvalue weighted by Gasteiger charge is -2.13. The molecule has 1 amide bonds. The molecule has 0 saturated heterocycles. The van der Waals surface area contributed by atoms with E-state index in [2.05, 4.69) is 5.32 Å². The third kappa shape index (κ3) is 4.98. The van der Waals surface area contributed by atoms with Crippen molar-refractivity contribution in [2.24, 2.45) is 0 Å². The Hall–Kier alpha value is -2.56. The molecule has 0 aliphatic heterocycles. The first-order valence-electron chi connectivity index (χ1n) is 8.17. The molecule has 0 unspecified atom stereocenters. The number of hydrogen-bond acceptors (Lipinski definition) is 3. The van der Waals surface area contributed by atoms with Gasteiger partial charge in [0, 0.05) is 44.6 Å². The number of rotatable bonds is 7. The lowest BCUT2D eigenvalue weighted by atomic mass is 10.1. The Bertz CT molecular complexity index is 733. The summed E-state index contributed by atoms with van der Waals surface area (Å²) in [5.74, 6) is 0.00438. The first-order valence-corrected chi connectivity index (χ1v) is 8.17. The molecule has 2 aromatic rings. The molecule has 5 heteroatoms. The highest BCUT2D eigenvalue weighted by molar-refractivity contribution is 5.78. The Labute approximate surface area is 142 Å². The Morgan fingerprint density at radius 2 is 1.83 bits per heavy atom. The molecule has 24 heavy (non-hydrogen) atoms. The maximum absolute atomic E-state index is 12.0. The number of carbonyl (C=O) groups is 1. The van der Waals surface area contributed by atoms with Gasteiger partial charge in [-0.1, -0.05) is 18.2 Å². The Balaban J connectivity index is 1.76. The monoisotopic (exact) mass is 327 g/mol. The second-order valence-electron chi connectivity index (χ2n) is 6.10. The highest BCUT2D eigenvalue weighted by Gasteiger charge is 2.04. The van der Waals surface area contributed by atoms with Gasteiger partial charge in [0.05, 0.1) is 6.42 Å². The fraction of sp³-hybridized carbons (Fsp3) is 0.368. The second kappa shape index (κ2) is 8.34. The van der Waals surface area contributed by atoms with Gasteiger partial charge in [0.25, 0.3) is 5.56 Å². The molecule has 2 rings (SSSR count). The molecule has 128 valence electrons. The summed E-state index contributed by atoms with van der Waals surface area (Å²) in [6.45, 7) is 3.09. The number of benzene rings is 1. The van der Waals surface area contributed by atoms with Crippen molar-refractivity contribution in [3.63, 3.8) is 0 Å². The van der Waals surface area contributed by atoms with Crippen LogP contribution in [-0.4, -0.2) is 31.1 Å². The fourth-order valence-electron chi connectivity index (χ4n) is 2.53. The molecule has 1 heterocycles. The van der Waals surface area contributed by atoms with Crippen LogP contribution in [0.2, 0.25) is 0 Å². The zero-order valence-electron chi connectivity index (χ0n) is 14.6. The van der Waals surface area contributed by atoms with Gasteiger partial charge in [-0.3, -0.25) is 9.59 Å². The molecular weight excluding hydrogens is 302 g/mol. The summed E-state index contributed by atoms with van der Waals surface area (Å²) in [5, 5.41) is 2.91. The third-order valence-corrected chi connectivity index (χ3v) is 3.97. The van der Waals surface area contributed by atoms with Crippen molar-refractivity contribution >= 4 is 11.6 Å². The quantitative estimate of drug-likeness (QED) is 0.791. The first kappa shape index (κ1) is 17.8. The molecule has 0 spiro atoms. The summed E-state index contributed by atoms with van der Waals surface area (Å²) in [6.07, 6.45) is 1.11. The lowest BCUT2D eigenvalue weighted by molar-refractivity contribution is -0.120. The predicted octanol–water partition coefficient (Wildman–Crippen LogP) is 1.97. The number of nitrogens with zero attached hydrogens (tertiary/aromatic N) is 2. The van der Waals surface area contributed by atoms with E-state index in [0.717, 1.165) is 23.4 Å². The molecule has 0 bridgehead atoms. The van der Waals surface area contributed by atoms with Crippen molar-refractivity contribution in [1.82, 2.24) is 9.88 Å². The lowest BCUT2D eigenvalue weighted by Crippen LogP contribution is -2.28. The topological polar surface area (TPSA) is 54.3 Å². The highest BCUT2D eigenvalue weighted by atomic mass is 16.1. The molecule has 0 fully saturated rings. The molecule has 0 atom stereocenters. The standard InChI is InChI=1S/C19H25N3O2/c1-15-6-4-7-19(24)22(15)13-5-12-20-18(23)14-16-8-10-17(11-9-16)21(2)3/h4,6-11H,5,12-14H2,1-3H3,(H,20,23). The summed E-state index contributed by atoms with van der Waals surface area (Å²) < 4.78 is 1.73. The van der Waals surface area contributed by atoms with Gasteiger partial charge in [-0.15, -0.1) is 0 Å². The summed E-state index contributed by atoms with van der Waals surface area (Å²) in [5.41, 5.74) is 3.05. The molecule has 1 N–H and O–H groups in total. The van der Waals surface area contributed by atoms with Crippen molar-refractivity contribution in [2.75, 3.05) is 25.5 Å². The number of amides is 1. The van der Waals surface area contributed by atoms with Crippen LogP contribution in [0, 0.1) is 6.92 Å². The van der Waals surface area contributed by atoms with Crippen LogP contribution in [-0.2, 0) is 17.8 Å². The molecule has 0 aliphatic rings. The van der Waals surface area contributed by atoms with E-state index >= 15 is 0 Å². The van der Waals surface area contributed by atoms with Gasteiger partial charge < -0.3 is 14.8 Å². The normalized spacial score (nSPS) is 10.5.